The molecule has 2 N–H and O–H groups in total. The van der Waals surface area contributed by atoms with Gasteiger partial charge in [-0.1, -0.05) is 38.3 Å². The Labute approximate surface area is 130 Å². The van der Waals surface area contributed by atoms with Gasteiger partial charge in [-0.25, -0.2) is 9.48 Å². The fraction of sp³-hybridized carbons (Fsp3) is 0.733. The average molecular weight is 308 g/mol. The highest BCUT2D eigenvalue weighted by Crippen LogP contribution is 2.37. The van der Waals surface area contributed by atoms with Crippen molar-refractivity contribution >= 4 is 11.9 Å². The monoisotopic (exact) mass is 308 g/mol. The molecular formula is C15H24N4O3. The summed E-state index contributed by atoms with van der Waals surface area (Å²) in [7, 11) is 0. The van der Waals surface area contributed by atoms with E-state index in [2.05, 4.69) is 29.5 Å². The Kier molecular flexibility index (Phi) is 5.15. The van der Waals surface area contributed by atoms with Crippen LogP contribution >= 0.6 is 0 Å². The van der Waals surface area contributed by atoms with Crippen molar-refractivity contribution in [2.75, 3.05) is 6.54 Å². The molecule has 0 aliphatic heterocycles. The predicted molar refractivity (Wildman–Crippen MR) is 80.3 cm³/mol. The molecule has 1 aromatic heterocycles. The lowest BCUT2D eigenvalue weighted by Gasteiger charge is -2.37. The van der Waals surface area contributed by atoms with E-state index in [0.717, 1.165) is 0 Å². The lowest BCUT2D eigenvalue weighted by atomic mass is 9.71. The minimum absolute atomic E-state index is 0.0129. The van der Waals surface area contributed by atoms with Gasteiger partial charge in [0.25, 0.3) is 0 Å². The Morgan fingerprint density at radius 2 is 2.05 bits per heavy atom. The molecule has 0 bridgehead atoms. The summed E-state index contributed by atoms with van der Waals surface area (Å²) < 4.78 is 1.24. The summed E-state index contributed by atoms with van der Waals surface area (Å²) in [5, 5.41) is 18.8. The fourth-order valence-electron chi connectivity index (χ4n) is 3.03. The van der Waals surface area contributed by atoms with E-state index in [1.54, 1.807) is 0 Å². The van der Waals surface area contributed by atoms with Crippen LogP contribution in [0.5, 0.6) is 0 Å². The third kappa shape index (κ3) is 4.29. The summed E-state index contributed by atoms with van der Waals surface area (Å²) in [6.45, 7) is 5.00. The van der Waals surface area contributed by atoms with E-state index >= 15 is 0 Å². The van der Waals surface area contributed by atoms with Crippen LogP contribution in [0.25, 0.3) is 0 Å². The molecule has 0 atom stereocenters. The zero-order chi connectivity index (χ0) is 16.2. The predicted octanol–water partition coefficient (Wildman–Crippen LogP) is 1.70. The van der Waals surface area contributed by atoms with Gasteiger partial charge in [-0.2, -0.15) is 0 Å². The summed E-state index contributed by atoms with van der Waals surface area (Å²) in [6.07, 6.45) is 7.59. The number of carboxylic acids is 1. The molecule has 1 saturated carbocycles. The van der Waals surface area contributed by atoms with Crippen LogP contribution in [-0.2, 0) is 11.3 Å². The van der Waals surface area contributed by atoms with Crippen molar-refractivity contribution in [3.63, 3.8) is 0 Å². The number of hydrogen-bond donors (Lipinski definition) is 2. The second-order valence-electron chi connectivity index (χ2n) is 6.71. The van der Waals surface area contributed by atoms with Crippen LogP contribution in [0.15, 0.2) is 6.20 Å². The number of nitrogens with zero attached hydrogens (tertiary/aromatic N) is 3. The molecule has 122 valence electrons. The highest BCUT2D eigenvalue weighted by atomic mass is 16.4. The molecular weight excluding hydrogens is 284 g/mol. The summed E-state index contributed by atoms with van der Waals surface area (Å²) in [4.78, 5) is 22.7. The first kappa shape index (κ1) is 16.5. The second kappa shape index (κ2) is 6.89. The smallest absolute Gasteiger partial charge is 0.358 e. The molecule has 1 aliphatic carbocycles. The van der Waals surface area contributed by atoms with Crippen LogP contribution in [0, 0.1) is 11.3 Å². The number of carbonyl (C=O) groups is 2. The Balaban J connectivity index is 1.82. The Morgan fingerprint density at radius 1 is 1.36 bits per heavy atom. The van der Waals surface area contributed by atoms with E-state index in [1.165, 1.54) is 43.0 Å². The van der Waals surface area contributed by atoms with Gasteiger partial charge in [0.2, 0.25) is 5.91 Å². The van der Waals surface area contributed by atoms with Crippen LogP contribution in [0.4, 0.5) is 0 Å². The summed E-state index contributed by atoms with van der Waals surface area (Å²) in [5.74, 6) is -0.678. The number of carboxylic acid groups (broad SMARTS) is 1. The van der Waals surface area contributed by atoms with Crippen molar-refractivity contribution < 1.29 is 14.7 Å². The van der Waals surface area contributed by atoms with Crippen LogP contribution < -0.4 is 5.32 Å². The number of amides is 1. The van der Waals surface area contributed by atoms with Crippen LogP contribution in [0.3, 0.4) is 0 Å². The Morgan fingerprint density at radius 3 is 2.64 bits per heavy atom. The molecule has 1 aromatic rings. The minimum Gasteiger partial charge on any atom is -0.476 e. The number of rotatable bonds is 6. The first-order valence-electron chi connectivity index (χ1n) is 7.78. The van der Waals surface area contributed by atoms with Crippen LogP contribution in [-0.4, -0.2) is 38.5 Å². The lowest BCUT2D eigenvalue weighted by Crippen LogP contribution is -2.40. The second-order valence-corrected chi connectivity index (χ2v) is 6.71. The maximum absolute atomic E-state index is 12.0. The molecule has 7 heteroatoms. The van der Waals surface area contributed by atoms with E-state index in [0.29, 0.717) is 12.5 Å². The maximum atomic E-state index is 12.0. The molecule has 0 radical (unpaired) electrons. The molecule has 2 rings (SSSR count). The first-order chi connectivity index (χ1) is 10.4. The highest BCUT2D eigenvalue weighted by Gasteiger charge is 2.30. The standard InChI is InChI=1S/C15H24N4O3/c1-15(2,11-6-4-3-5-7-11)10-16-13(20)9-19-8-12(14(21)22)17-18-19/h8,11H,3-7,9-10H2,1-2H3,(H,16,20)(H,21,22). The van der Waals surface area contributed by atoms with Gasteiger partial charge in [0.05, 0.1) is 6.20 Å². The average Bonchev–Trinajstić information content (AvgIpc) is 2.95. The third-order valence-electron chi connectivity index (χ3n) is 4.51. The number of nitrogens with one attached hydrogen (secondary N) is 1. The van der Waals surface area contributed by atoms with Gasteiger partial charge in [0, 0.05) is 6.54 Å². The molecule has 0 spiro atoms. The zero-order valence-electron chi connectivity index (χ0n) is 13.2. The maximum Gasteiger partial charge on any atom is 0.358 e. The van der Waals surface area contributed by atoms with E-state index in [4.69, 9.17) is 5.11 Å². The molecule has 1 fully saturated rings. The number of aromatic carboxylic acids is 1. The number of hydrogen-bond acceptors (Lipinski definition) is 4. The zero-order valence-corrected chi connectivity index (χ0v) is 13.2. The van der Waals surface area contributed by atoms with E-state index in [9.17, 15) is 9.59 Å². The molecule has 1 heterocycles. The largest absolute Gasteiger partial charge is 0.476 e. The van der Waals surface area contributed by atoms with E-state index in [1.807, 2.05) is 0 Å². The van der Waals surface area contributed by atoms with Gasteiger partial charge in [-0.3, -0.25) is 4.79 Å². The summed E-state index contributed by atoms with van der Waals surface area (Å²) in [5.41, 5.74) is -0.0830. The van der Waals surface area contributed by atoms with Gasteiger partial charge >= 0.3 is 5.97 Å². The first-order valence-corrected chi connectivity index (χ1v) is 7.78. The van der Waals surface area contributed by atoms with Gasteiger partial charge in [-0.05, 0) is 24.2 Å². The molecule has 22 heavy (non-hydrogen) atoms. The normalized spacial score (nSPS) is 16.5. The molecule has 1 aliphatic rings. The van der Waals surface area contributed by atoms with Crippen LogP contribution in [0.1, 0.15) is 56.4 Å². The Bertz CT molecular complexity index is 533. The molecule has 0 saturated heterocycles. The fourth-order valence-corrected chi connectivity index (χ4v) is 3.03. The highest BCUT2D eigenvalue weighted by molar-refractivity contribution is 5.84. The molecule has 7 nitrogen and oxygen atoms in total. The molecule has 0 unspecified atom stereocenters. The third-order valence-corrected chi connectivity index (χ3v) is 4.51. The van der Waals surface area contributed by atoms with Crippen molar-refractivity contribution in [2.24, 2.45) is 11.3 Å². The van der Waals surface area contributed by atoms with E-state index in [-0.39, 0.29) is 23.6 Å². The van der Waals surface area contributed by atoms with Gasteiger partial charge in [0.15, 0.2) is 5.69 Å². The number of aromatic nitrogens is 3. The summed E-state index contributed by atoms with van der Waals surface area (Å²) in [6, 6.07) is 0. The van der Waals surface area contributed by atoms with Gasteiger partial charge in [0.1, 0.15) is 6.54 Å². The minimum atomic E-state index is -1.15. The Hall–Kier alpha value is -1.92. The number of carbonyl (C=O) groups excluding carboxylic acids is 1. The van der Waals surface area contributed by atoms with Crippen LogP contribution in [0.2, 0.25) is 0 Å². The van der Waals surface area contributed by atoms with E-state index < -0.39 is 5.97 Å². The van der Waals surface area contributed by atoms with Gasteiger partial charge in [-0.15, -0.1) is 5.10 Å². The van der Waals surface area contributed by atoms with Crippen molar-refractivity contribution in [2.45, 2.75) is 52.5 Å². The van der Waals surface area contributed by atoms with Crippen molar-refractivity contribution in [3.05, 3.63) is 11.9 Å². The molecule has 1 amide bonds. The molecule has 0 aromatic carbocycles. The SMILES string of the molecule is CC(C)(CNC(=O)Cn1cc(C(=O)O)nn1)C1CCCCC1. The lowest BCUT2D eigenvalue weighted by molar-refractivity contribution is -0.122. The van der Waals surface area contributed by atoms with Crippen molar-refractivity contribution in [3.8, 4) is 0 Å². The van der Waals surface area contributed by atoms with Crippen molar-refractivity contribution in [1.29, 1.82) is 0 Å². The quantitative estimate of drug-likeness (QED) is 0.833. The van der Waals surface area contributed by atoms with Gasteiger partial charge < -0.3 is 10.4 Å². The van der Waals surface area contributed by atoms with Crippen molar-refractivity contribution in [1.82, 2.24) is 20.3 Å². The topological polar surface area (TPSA) is 97.1 Å². The summed E-state index contributed by atoms with van der Waals surface area (Å²) >= 11 is 0.